The van der Waals surface area contributed by atoms with E-state index < -0.39 is 0 Å². The second-order valence-corrected chi connectivity index (χ2v) is 6.89. The van der Waals surface area contributed by atoms with Gasteiger partial charge in [0.25, 0.3) is 5.91 Å². The van der Waals surface area contributed by atoms with Crippen LogP contribution in [0.15, 0.2) is 12.3 Å². The highest BCUT2D eigenvalue weighted by Gasteiger charge is 2.20. The van der Waals surface area contributed by atoms with E-state index in [-0.39, 0.29) is 11.8 Å². The van der Waals surface area contributed by atoms with Crippen molar-refractivity contribution < 1.29 is 4.79 Å². The van der Waals surface area contributed by atoms with E-state index in [1.165, 1.54) is 0 Å². The molecule has 0 aromatic carbocycles. The molecule has 134 valence electrons. The maximum absolute atomic E-state index is 12.6. The number of aromatic nitrogens is 4. The minimum Gasteiger partial charge on any atom is -0.346 e. The molecule has 0 unspecified atom stereocenters. The Kier molecular flexibility index (Phi) is 5.01. The lowest BCUT2D eigenvalue weighted by molar-refractivity contribution is 0.0945. The number of hydrogen-bond donors (Lipinski definition) is 1. The molecule has 1 fully saturated rings. The number of hydrogen-bond acceptors (Lipinski definition) is 5. The maximum atomic E-state index is 12.6. The number of aryl methyl sites for hydroxylation is 1. The van der Waals surface area contributed by atoms with Gasteiger partial charge in [-0.3, -0.25) is 9.48 Å². The van der Waals surface area contributed by atoms with Gasteiger partial charge >= 0.3 is 0 Å². The van der Waals surface area contributed by atoms with Crippen molar-refractivity contribution >= 4 is 11.9 Å². The zero-order valence-electron chi connectivity index (χ0n) is 15.4. The Morgan fingerprint density at radius 3 is 2.60 bits per heavy atom. The number of nitrogens with zero attached hydrogens (tertiary/aromatic N) is 5. The number of nitrogens with one attached hydrogen (secondary N) is 1. The number of amides is 1. The molecule has 0 radical (unpaired) electrons. The molecule has 0 atom stereocenters. The Morgan fingerprint density at radius 1 is 1.28 bits per heavy atom. The van der Waals surface area contributed by atoms with Crippen molar-refractivity contribution in [3.05, 3.63) is 34.9 Å². The van der Waals surface area contributed by atoms with Gasteiger partial charge in [0.05, 0.1) is 6.20 Å². The maximum Gasteiger partial charge on any atom is 0.270 e. The fourth-order valence-electron chi connectivity index (χ4n) is 2.91. The highest BCUT2D eigenvalue weighted by Crippen LogP contribution is 2.20. The molecule has 2 aromatic rings. The van der Waals surface area contributed by atoms with Crippen LogP contribution in [0.4, 0.5) is 5.95 Å². The predicted molar refractivity (Wildman–Crippen MR) is 96.7 cm³/mol. The molecule has 25 heavy (non-hydrogen) atoms. The van der Waals surface area contributed by atoms with Crippen LogP contribution in [-0.4, -0.2) is 38.7 Å². The van der Waals surface area contributed by atoms with E-state index in [0.717, 1.165) is 42.9 Å². The van der Waals surface area contributed by atoms with Crippen LogP contribution in [0, 0.1) is 6.92 Å². The zero-order chi connectivity index (χ0) is 18.0. The minimum absolute atomic E-state index is 0.173. The summed E-state index contributed by atoms with van der Waals surface area (Å²) in [6, 6.07) is 1.80. The Morgan fingerprint density at radius 2 is 2.00 bits per heavy atom. The van der Waals surface area contributed by atoms with Crippen molar-refractivity contribution in [1.82, 2.24) is 25.1 Å². The quantitative estimate of drug-likeness (QED) is 0.901. The molecule has 0 aliphatic carbocycles. The van der Waals surface area contributed by atoms with Crippen molar-refractivity contribution in [3.8, 4) is 0 Å². The summed E-state index contributed by atoms with van der Waals surface area (Å²) in [7, 11) is 1.89. The molecule has 1 aliphatic rings. The summed E-state index contributed by atoms with van der Waals surface area (Å²) >= 11 is 0. The van der Waals surface area contributed by atoms with Gasteiger partial charge in [0.1, 0.15) is 5.69 Å². The number of carbonyl (C=O) groups is 1. The SMILES string of the molecule is Cc1c(CNC(=O)c2cc(C(C)C)nc(N3CCCC3)n2)cnn1C. The molecule has 7 heteroatoms. The second kappa shape index (κ2) is 7.21. The molecular weight excluding hydrogens is 316 g/mol. The van der Waals surface area contributed by atoms with E-state index in [4.69, 9.17) is 0 Å². The molecule has 0 spiro atoms. The summed E-state index contributed by atoms with van der Waals surface area (Å²) in [5, 5.41) is 7.16. The van der Waals surface area contributed by atoms with Crippen LogP contribution in [0.1, 0.15) is 60.0 Å². The van der Waals surface area contributed by atoms with Gasteiger partial charge in [-0.05, 0) is 31.7 Å². The van der Waals surface area contributed by atoms with Crippen LogP contribution >= 0.6 is 0 Å². The Balaban J connectivity index is 1.79. The normalized spacial score (nSPS) is 14.4. The molecule has 7 nitrogen and oxygen atoms in total. The van der Waals surface area contributed by atoms with Gasteiger partial charge in [-0.25, -0.2) is 9.97 Å². The van der Waals surface area contributed by atoms with Gasteiger partial charge in [-0.2, -0.15) is 5.10 Å². The van der Waals surface area contributed by atoms with Crippen molar-refractivity contribution in [1.29, 1.82) is 0 Å². The van der Waals surface area contributed by atoms with Gasteiger partial charge in [-0.15, -0.1) is 0 Å². The zero-order valence-corrected chi connectivity index (χ0v) is 15.4. The smallest absolute Gasteiger partial charge is 0.270 e. The van der Waals surface area contributed by atoms with E-state index >= 15 is 0 Å². The lowest BCUT2D eigenvalue weighted by atomic mass is 10.1. The van der Waals surface area contributed by atoms with Crippen molar-refractivity contribution in [3.63, 3.8) is 0 Å². The largest absolute Gasteiger partial charge is 0.346 e. The van der Waals surface area contributed by atoms with Crippen molar-refractivity contribution in [2.45, 2.75) is 46.1 Å². The molecular formula is C18H26N6O. The molecule has 1 amide bonds. The molecule has 1 saturated heterocycles. The lowest BCUT2D eigenvalue weighted by Gasteiger charge is -2.18. The lowest BCUT2D eigenvalue weighted by Crippen LogP contribution is -2.27. The molecule has 1 N–H and O–H groups in total. The Labute approximate surface area is 148 Å². The number of rotatable bonds is 5. The van der Waals surface area contributed by atoms with Gasteiger partial charge in [0, 0.05) is 43.6 Å². The molecule has 3 rings (SSSR count). The first-order valence-corrected chi connectivity index (χ1v) is 8.85. The summed E-state index contributed by atoms with van der Waals surface area (Å²) in [6.07, 6.45) is 4.08. The van der Waals surface area contributed by atoms with E-state index in [1.54, 1.807) is 16.9 Å². The van der Waals surface area contributed by atoms with E-state index in [9.17, 15) is 4.79 Å². The van der Waals surface area contributed by atoms with Crippen LogP contribution in [0.2, 0.25) is 0 Å². The summed E-state index contributed by atoms with van der Waals surface area (Å²) in [5.74, 6) is 0.746. The highest BCUT2D eigenvalue weighted by molar-refractivity contribution is 5.92. The number of carbonyl (C=O) groups excluding carboxylic acids is 1. The Bertz CT molecular complexity index is 761. The average molecular weight is 342 g/mol. The van der Waals surface area contributed by atoms with Crippen LogP contribution in [0.5, 0.6) is 0 Å². The summed E-state index contributed by atoms with van der Waals surface area (Å²) in [6.45, 7) is 8.50. The molecule has 2 aromatic heterocycles. The highest BCUT2D eigenvalue weighted by atomic mass is 16.1. The standard InChI is InChI=1S/C18H26N6O/c1-12(2)15-9-16(22-18(21-15)24-7-5-6-8-24)17(25)19-10-14-11-20-23(4)13(14)3/h9,11-12H,5-8,10H2,1-4H3,(H,19,25). The molecule has 0 bridgehead atoms. The molecule has 0 saturated carbocycles. The van der Waals surface area contributed by atoms with Crippen LogP contribution in [-0.2, 0) is 13.6 Å². The predicted octanol–water partition coefficient (Wildman–Crippen LogP) is 2.17. The Hall–Kier alpha value is -2.44. The second-order valence-electron chi connectivity index (χ2n) is 6.89. The first kappa shape index (κ1) is 17.4. The van der Waals surface area contributed by atoms with Crippen molar-refractivity contribution in [2.24, 2.45) is 7.05 Å². The average Bonchev–Trinajstić information content (AvgIpc) is 3.24. The van der Waals surface area contributed by atoms with Crippen molar-refractivity contribution in [2.75, 3.05) is 18.0 Å². The van der Waals surface area contributed by atoms with E-state index in [1.807, 2.05) is 14.0 Å². The summed E-state index contributed by atoms with van der Waals surface area (Å²) in [4.78, 5) is 24.0. The monoisotopic (exact) mass is 342 g/mol. The summed E-state index contributed by atoms with van der Waals surface area (Å²) in [5.41, 5.74) is 3.39. The number of anilines is 1. The van der Waals surface area contributed by atoms with Gasteiger partial charge in [-0.1, -0.05) is 13.8 Å². The minimum atomic E-state index is -0.173. The van der Waals surface area contributed by atoms with Crippen LogP contribution in [0.3, 0.4) is 0 Å². The molecule has 1 aliphatic heterocycles. The van der Waals surface area contributed by atoms with Crippen LogP contribution in [0.25, 0.3) is 0 Å². The third-order valence-corrected chi connectivity index (χ3v) is 4.72. The third kappa shape index (κ3) is 3.81. The van der Waals surface area contributed by atoms with Gasteiger partial charge in [0.2, 0.25) is 5.95 Å². The first-order valence-electron chi connectivity index (χ1n) is 8.85. The third-order valence-electron chi connectivity index (χ3n) is 4.72. The fourth-order valence-corrected chi connectivity index (χ4v) is 2.91. The van der Waals surface area contributed by atoms with E-state index in [0.29, 0.717) is 18.2 Å². The van der Waals surface area contributed by atoms with Crippen LogP contribution < -0.4 is 10.2 Å². The first-order chi connectivity index (χ1) is 12.0. The topological polar surface area (TPSA) is 75.9 Å². The molecule has 3 heterocycles. The fraction of sp³-hybridized carbons (Fsp3) is 0.556. The van der Waals surface area contributed by atoms with Gasteiger partial charge < -0.3 is 10.2 Å². The van der Waals surface area contributed by atoms with E-state index in [2.05, 4.69) is 39.1 Å². The van der Waals surface area contributed by atoms with Gasteiger partial charge in [0.15, 0.2) is 0 Å². The summed E-state index contributed by atoms with van der Waals surface area (Å²) < 4.78 is 1.80.